The first kappa shape index (κ1) is 11.5. The number of hydrogen-bond acceptors (Lipinski definition) is 3. The van der Waals surface area contributed by atoms with Crippen molar-refractivity contribution in [3.63, 3.8) is 0 Å². The number of carbonyl (C=O) groups is 1. The predicted octanol–water partition coefficient (Wildman–Crippen LogP) is 0.232. The van der Waals surface area contributed by atoms with Crippen LogP contribution < -0.4 is 5.32 Å². The van der Waals surface area contributed by atoms with Crippen molar-refractivity contribution in [2.45, 2.75) is 32.4 Å². The summed E-state index contributed by atoms with van der Waals surface area (Å²) < 4.78 is 4.86. The Balaban J connectivity index is 2.61. The van der Waals surface area contributed by atoms with Crippen LogP contribution in [-0.4, -0.2) is 49.2 Å². The van der Waals surface area contributed by atoms with Crippen LogP contribution in [-0.2, 0) is 9.53 Å². The normalized spacial score (nSPS) is 26.3. The fourth-order valence-electron chi connectivity index (χ4n) is 1.71. The van der Waals surface area contributed by atoms with Crippen LogP contribution in [0.2, 0.25) is 0 Å². The lowest BCUT2D eigenvalue weighted by Crippen LogP contribution is -2.62. The molecule has 1 saturated heterocycles. The van der Waals surface area contributed by atoms with E-state index in [1.807, 2.05) is 4.90 Å². The lowest BCUT2D eigenvalue weighted by atomic mass is 9.99. The lowest BCUT2D eigenvalue weighted by molar-refractivity contribution is -0.139. The maximum absolute atomic E-state index is 11.7. The van der Waals surface area contributed by atoms with Crippen LogP contribution in [0.3, 0.4) is 0 Å². The standard InChI is InChI=1S/C10H20N2O2/c1-8-5-11-10(2,3)7-12(8)9(13)6-14-4/h8,11H,5-7H2,1-4H3. The third-order valence-electron chi connectivity index (χ3n) is 2.56. The minimum atomic E-state index is 0.00983. The maximum atomic E-state index is 11.7. The summed E-state index contributed by atoms with van der Waals surface area (Å²) in [6.45, 7) is 8.03. The second-order valence-electron chi connectivity index (χ2n) is 4.57. The highest BCUT2D eigenvalue weighted by Crippen LogP contribution is 2.14. The van der Waals surface area contributed by atoms with E-state index in [2.05, 4.69) is 26.1 Å². The highest BCUT2D eigenvalue weighted by atomic mass is 16.5. The van der Waals surface area contributed by atoms with E-state index >= 15 is 0 Å². The van der Waals surface area contributed by atoms with Crippen molar-refractivity contribution in [3.8, 4) is 0 Å². The lowest BCUT2D eigenvalue weighted by Gasteiger charge is -2.43. The zero-order valence-electron chi connectivity index (χ0n) is 9.46. The van der Waals surface area contributed by atoms with Gasteiger partial charge < -0.3 is 15.0 Å². The summed E-state index contributed by atoms with van der Waals surface area (Å²) in [4.78, 5) is 13.6. The van der Waals surface area contributed by atoms with E-state index in [0.29, 0.717) is 0 Å². The van der Waals surface area contributed by atoms with E-state index in [-0.39, 0.29) is 24.1 Å². The second-order valence-corrected chi connectivity index (χ2v) is 4.57. The van der Waals surface area contributed by atoms with Crippen LogP contribution in [0.15, 0.2) is 0 Å². The van der Waals surface area contributed by atoms with Crippen LogP contribution in [0.5, 0.6) is 0 Å². The highest BCUT2D eigenvalue weighted by molar-refractivity contribution is 5.78. The van der Waals surface area contributed by atoms with Crippen LogP contribution in [0.1, 0.15) is 20.8 Å². The summed E-state index contributed by atoms with van der Waals surface area (Å²) >= 11 is 0. The number of nitrogens with one attached hydrogen (secondary N) is 1. The number of amides is 1. The number of nitrogens with zero attached hydrogens (tertiary/aromatic N) is 1. The summed E-state index contributed by atoms with van der Waals surface area (Å²) in [5.74, 6) is 0.0783. The van der Waals surface area contributed by atoms with Gasteiger partial charge in [-0.05, 0) is 20.8 Å². The van der Waals surface area contributed by atoms with E-state index in [9.17, 15) is 4.79 Å². The van der Waals surface area contributed by atoms with Crippen LogP contribution in [0, 0.1) is 0 Å². The van der Waals surface area contributed by atoms with Crippen LogP contribution in [0.4, 0.5) is 0 Å². The van der Waals surface area contributed by atoms with Gasteiger partial charge in [-0.15, -0.1) is 0 Å². The molecule has 1 amide bonds. The molecule has 1 rings (SSSR count). The first-order valence-electron chi connectivity index (χ1n) is 5.00. The molecule has 0 aromatic heterocycles. The van der Waals surface area contributed by atoms with Gasteiger partial charge in [0.05, 0.1) is 0 Å². The van der Waals surface area contributed by atoms with Gasteiger partial charge in [-0.25, -0.2) is 0 Å². The fourth-order valence-corrected chi connectivity index (χ4v) is 1.71. The van der Waals surface area contributed by atoms with E-state index in [0.717, 1.165) is 13.1 Å². The predicted molar refractivity (Wildman–Crippen MR) is 55.1 cm³/mol. The maximum Gasteiger partial charge on any atom is 0.248 e. The Bertz CT molecular complexity index is 216. The molecule has 1 aliphatic heterocycles. The van der Waals surface area contributed by atoms with Gasteiger partial charge in [0.2, 0.25) is 5.91 Å². The van der Waals surface area contributed by atoms with Crippen LogP contribution in [0.25, 0.3) is 0 Å². The number of ether oxygens (including phenoxy) is 1. The molecule has 0 bridgehead atoms. The summed E-state index contributed by atoms with van der Waals surface area (Å²) in [5, 5.41) is 3.40. The zero-order chi connectivity index (χ0) is 10.8. The van der Waals surface area contributed by atoms with Gasteiger partial charge in [0.15, 0.2) is 0 Å². The summed E-state index contributed by atoms with van der Waals surface area (Å²) in [6, 6.07) is 0.255. The topological polar surface area (TPSA) is 41.6 Å². The smallest absolute Gasteiger partial charge is 0.248 e. The third-order valence-corrected chi connectivity index (χ3v) is 2.56. The minimum absolute atomic E-state index is 0.00983. The molecule has 1 N–H and O–H groups in total. The average Bonchev–Trinajstić information content (AvgIpc) is 2.10. The Morgan fingerprint density at radius 3 is 2.86 bits per heavy atom. The summed E-state index contributed by atoms with van der Waals surface area (Å²) in [6.07, 6.45) is 0. The van der Waals surface area contributed by atoms with Crippen molar-refractivity contribution in [3.05, 3.63) is 0 Å². The molecule has 1 fully saturated rings. The molecule has 4 nitrogen and oxygen atoms in total. The highest BCUT2D eigenvalue weighted by Gasteiger charge is 2.32. The first-order valence-corrected chi connectivity index (χ1v) is 5.00. The molecule has 1 atom stereocenters. The van der Waals surface area contributed by atoms with Crippen molar-refractivity contribution in [2.75, 3.05) is 26.8 Å². The van der Waals surface area contributed by atoms with Gasteiger partial charge in [0.25, 0.3) is 0 Å². The van der Waals surface area contributed by atoms with Crippen molar-refractivity contribution in [1.29, 1.82) is 0 Å². The van der Waals surface area contributed by atoms with E-state index in [4.69, 9.17) is 4.74 Å². The molecule has 82 valence electrons. The number of methoxy groups -OCH3 is 1. The second kappa shape index (κ2) is 4.28. The number of rotatable bonds is 2. The number of hydrogen-bond donors (Lipinski definition) is 1. The average molecular weight is 200 g/mol. The van der Waals surface area contributed by atoms with E-state index in [1.165, 1.54) is 0 Å². The Kier molecular flexibility index (Phi) is 3.50. The Labute approximate surface area is 85.6 Å². The molecule has 1 unspecified atom stereocenters. The third kappa shape index (κ3) is 2.69. The van der Waals surface area contributed by atoms with Gasteiger partial charge in [0.1, 0.15) is 6.61 Å². The van der Waals surface area contributed by atoms with Crippen molar-refractivity contribution in [1.82, 2.24) is 10.2 Å². The van der Waals surface area contributed by atoms with Crippen molar-refractivity contribution >= 4 is 5.91 Å². The molecule has 4 heteroatoms. The first-order chi connectivity index (χ1) is 6.46. The number of piperazine rings is 1. The van der Waals surface area contributed by atoms with Gasteiger partial charge in [-0.1, -0.05) is 0 Å². The molecule has 1 aliphatic rings. The van der Waals surface area contributed by atoms with Crippen LogP contribution >= 0.6 is 0 Å². The van der Waals surface area contributed by atoms with E-state index in [1.54, 1.807) is 7.11 Å². The Hall–Kier alpha value is -0.610. The minimum Gasteiger partial charge on any atom is -0.375 e. The van der Waals surface area contributed by atoms with Crippen molar-refractivity contribution in [2.24, 2.45) is 0 Å². The Morgan fingerprint density at radius 2 is 2.29 bits per heavy atom. The van der Waals surface area contributed by atoms with Gasteiger partial charge in [-0.3, -0.25) is 4.79 Å². The van der Waals surface area contributed by atoms with Crippen molar-refractivity contribution < 1.29 is 9.53 Å². The van der Waals surface area contributed by atoms with E-state index < -0.39 is 0 Å². The number of carbonyl (C=O) groups excluding carboxylic acids is 1. The Morgan fingerprint density at radius 1 is 1.64 bits per heavy atom. The molecule has 0 aliphatic carbocycles. The largest absolute Gasteiger partial charge is 0.375 e. The molecular formula is C10H20N2O2. The molecule has 0 aromatic rings. The zero-order valence-corrected chi connectivity index (χ0v) is 9.46. The van der Waals surface area contributed by atoms with Gasteiger partial charge in [0, 0.05) is 31.8 Å². The quantitative estimate of drug-likeness (QED) is 0.694. The molecule has 14 heavy (non-hydrogen) atoms. The monoisotopic (exact) mass is 200 g/mol. The van der Waals surface area contributed by atoms with Gasteiger partial charge >= 0.3 is 0 Å². The molecule has 1 heterocycles. The SMILES string of the molecule is COCC(=O)N1CC(C)(C)NCC1C. The summed E-state index contributed by atoms with van der Waals surface area (Å²) in [7, 11) is 1.55. The molecule has 0 spiro atoms. The fraction of sp³-hybridized carbons (Fsp3) is 0.900. The molecular weight excluding hydrogens is 180 g/mol. The summed E-state index contributed by atoms with van der Waals surface area (Å²) in [5.41, 5.74) is 0.00983. The molecule has 0 radical (unpaired) electrons. The molecule has 0 saturated carbocycles. The van der Waals surface area contributed by atoms with Gasteiger partial charge in [-0.2, -0.15) is 0 Å². The molecule has 0 aromatic carbocycles.